The SMILES string of the molecule is N=c1sc2cc(C(F)(F)F)cc3c2n1CCC1(OO1)C3O. The van der Waals surface area contributed by atoms with E-state index in [0.29, 0.717) is 16.8 Å². The zero-order chi connectivity index (χ0) is 15.0. The number of benzene rings is 1. The Bertz CT molecular complexity index is 806. The first kappa shape index (κ1) is 13.3. The van der Waals surface area contributed by atoms with Crippen LogP contribution in [0.3, 0.4) is 0 Å². The molecule has 4 rings (SSSR count). The number of hydrogen-bond donors (Lipinski definition) is 2. The quantitative estimate of drug-likeness (QED) is 0.578. The van der Waals surface area contributed by atoms with Crippen molar-refractivity contribution >= 4 is 21.6 Å². The van der Waals surface area contributed by atoms with E-state index in [-0.39, 0.29) is 16.8 Å². The van der Waals surface area contributed by atoms with Crippen LogP contribution in [-0.4, -0.2) is 15.5 Å². The predicted molar refractivity (Wildman–Crippen MR) is 65.1 cm³/mol. The minimum Gasteiger partial charge on any atom is -0.382 e. The van der Waals surface area contributed by atoms with E-state index in [2.05, 4.69) is 0 Å². The van der Waals surface area contributed by atoms with Gasteiger partial charge in [-0.2, -0.15) is 22.9 Å². The molecule has 2 N–H and O–H groups in total. The number of alkyl halides is 3. The molecule has 2 aliphatic rings. The Labute approximate surface area is 119 Å². The van der Waals surface area contributed by atoms with Gasteiger partial charge in [0, 0.05) is 18.5 Å². The van der Waals surface area contributed by atoms with E-state index >= 15 is 0 Å². The summed E-state index contributed by atoms with van der Waals surface area (Å²) in [6, 6.07) is 1.92. The van der Waals surface area contributed by atoms with Crippen LogP contribution in [0.2, 0.25) is 0 Å². The van der Waals surface area contributed by atoms with Crippen LogP contribution in [0.5, 0.6) is 0 Å². The lowest BCUT2D eigenvalue weighted by atomic mass is 9.98. The molecule has 0 radical (unpaired) electrons. The van der Waals surface area contributed by atoms with Gasteiger partial charge < -0.3 is 9.67 Å². The number of hydrogen-bond acceptors (Lipinski definition) is 5. The van der Waals surface area contributed by atoms with Crippen LogP contribution in [0.4, 0.5) is 13.2 Å². The van der Waals surface area contributed by atoms with E-state index in [4.69, 9.17) is 15.2 Å². The molecular formula is C12H9F3N2O3S. The van der Waals surface area contributed by atoms with Gasteiger partial charge in [-0.05, 0) is 12.1 Å². The molecule has 1 atom stereocenters. The summed E-state index contributed by atoms with van der Waals surface area (Å²) < 4.78 is 40.9. The van der Waals surface area contributed by atoms with Gasteiger partial charge >= 0.3 is 6.18 Å². The van der Waals surface area contributed by atoms with E-state index in [9.17, 15) is 18.3 Å². The van der Waals surface area contributed by atoms with E-state index in [1.807, 2.05) is 0 Å². The van der Waals surface area contributed by atoms with Crippen LogP contribution < -0.4 is 4.80 Å². The highest BCUT2D eigenvalue weighted by Crippen LogP contribution is 2.49. The van der Waals surface area contributed by atoms with Gasteiger partial charge in [-0.15, -0.1) is 0 Å². The topological polar surface area (TPSA) is 74.1 Å². The molecule has 1 spiro atoms. The monoisotopic (exact) mass is 318 g/mol. The minimum atomic E-state index is -4.52. The summed E-state index contributed by atoms with van der Waals surface area (Å²) in [6.45, 7) is 0.342. The Balaban J connectivity index is 2.06. The van der Waals surface area contributed by atoms with Crippen molar-refractivity contribution < 1.29 is 28.1 Å². The maximum atomic E-state index is 13.0. The first-order chi connectivity index (χ1) is 9.82. The molecule has 1 unspecified atom stereocenters. The van der Waals surface area contributed by atoms with Crippen molar-refractivity contribution in [3.05, 3.63) is 28.1 Å². The molecule has 2 aromatic rings. The Hall–Kier alpha value is -1.42. The fraction of sp³-hybridized carbons (Fsp3) is 0.417. The number of aliphatic hydroxyl groups excluding tert-OH is 1. The molecule has 21 heavy (non-hydrogen) atoms. The van der Waals surface area contributed by atoms with Crippen LogP contribution in [0.1, 0.15) is 23.7 Å². The molecule has 112 valence electrons. The average Bonchev–Trinajstić information content (AvgIpc) is 3.13. The summed E-state index contributed by atoms with van der Waals surface area (Å²) in [5.41, 5.74) is -0.318. The third-order valence-corrected chi connectivity index (χ3v) is 4.79. The number of thiazole rings is 1. The summed E-state index contributed by atoms with van der Waals surface area (Å²) in [4.78, 5) is 9.78. The molecule has 0 bridgehead atoms. The second-order valence-corrected chi connectivity index (χ2v) is 6.13. The molecular weight excluding hydrogens is 309 g/mol. The van der Waals surface area contributed by atoms with Gasteiger partial charge in [-0.3, -0.25) is 5.41 Å². The lowest BCUT2D eigenvalue weighted by Gasteiger charge is -2.15. The summed E-state index contributed by atoms with van der Waals surface area (Å²) >= 11 is 0.957. The third kappa shape index (κ3) is 1.78. The molecule has 1 saturated heterocycles. The fourth-order valence-corrected chi connectivity index (χ4v) is 3.72. The molecule has 3 heterocycles. The first-order valence-electron chi connectivity index (χ1n) is 6.16. The molecule has 1 aromatic heterocycles. The molecule has 9 heteroatoms. The van der Waals surface area contributed by atoms with Gasteiger partial charge in [0.15, 0.2) is 4.80 Å². The fourth-order valence-electron chi connectivity index (χ4n) is 2.71. The zero-order valence-electron chi connectivity index (χ0n) is 10.4. The average molecular weight is 318 g/mol. The Kier molecular flexibility index (Phi) is 2.44. The number of nitrogens with one attached hydrogen (secondary N) is 1. The van der Waals surface area contributed by atoms with Crippen molar-refractivity contribution in [1.82, 2.24) is 4.57 Å². The van der Waals surface area contributed by atoms with Crippen LogP contribution in [-0.2, 0) is 22.5 Å². The summed E-state index contributed by atoms with van der Waals surface area (Å²) in [5, 5.41) is 18.3. The van der Waals surface area contributed by atoms with Crippen molar-refractivity contribution in [3.63, 3.8) is 0 Å². The summed E-state index contributed by atoms with van der Waals surface area (Å²) in [7, 11) is 0. The Morgan fingerprint density at radius 1 is 1.38 bits per heavy atom. The van der Waals surface area contributed by atoms with E-state index < -0.39 is 23.6 Å². The summed E-state index contributed by atoms with van der Waals surface area (Å²) in [5.74, 6) is -1.28. The summed E-state index contributed by atoms with van der Waals surface area (Å²) in [6.07, 6.45) is -5.57. The maximum Gasteiger partial charge on any atom is 0.416 e. The molecule has 1 fully saturated rings. The van der Waals surface area contributed by atoms with E-state index in [1.165, 1.54) is 0 Å². The van der Waals surface area contributed by atoms with Gasteiger partial charge in [0.05, 0.1) is 15.8 Å². The lowest BCUT2D eigenvalue weighted by Crippen LogP contribution is -2.22. The highest BCUT2D eigenvalue weighted by molar-refractivity contribution is 7.16. The smallest absolute Gasteiger partial charge is 0.382 e. The van der Waals surface area contributed by atoms with Crippen LogP contribution >= 0.6 is 11.3 Å². The standard InChI is InChI=1S/C12H9F3N2O3S/c13-12(14,15)5-3-6-8-7(4-5)21-10(16)17(8)2-1-11(9(6)18)19-20-11/h3-4,9,16,18H,1-2H2. The normalized spacial score (nSPS) is 23.5. The van der Waals surface area contributed by atoms with Crippen molar-refractivity contribution in [3.8, 4) is 0 Å². The maximum absolute atomic E-state index is 13.0. The minimum absolute atomic E-state index is 0.0876. The van der Waals surface area contributed by atoms with Crippen molar-refractivity contribution in [2.24, 2.45) is 0 Å². The number of aliphatic hydroxyl groups is 1. The highest BCUT2D eigenvalue weighted by Gasteiger charge is 2.57. The Morgan fingerprint density at radius 2 is 2.10 bits per heavy atom. The number of nitrogens with zero attached hydrogens (tertiary/aromatic N) is 1. The van der Waals surface area contributed by atoms with Crippen LogP contribution in [0.15, 0.2) is 12.1 Å². The second-order valence-electron chi connectivity index (χ2n) is 5.10. The lowest BCUT2D eigenvalue weighted by molar-refractivity contribution is -0.137. The zero-order valence-corrected chi connectivity index (χ0v) is 11.2. The predicted octanol–water partition coefficient (Wildman–Crippen LogP) is 2.30. The highest BCUT2D eigenvalue weighted by atomic mass is 32.1. The molecule has 0 amide bonds. The van der Waals surface area contributed by atoms with Crippen molar-refractivity contribution in [2.45, 2.75) is 31.0 Å². The van der Waals surface area contributed by atoms with Gasteiger partial charge in [0.2, 0.25) is 0 Å². The van der Waals surface area contributed by atoms with Crippen LogP contribution in [0.25, 0.3) is 10.2 Å². The van der Waals surface area contributed by atoms with E-state index in [1.54, 1.807) is 4.57 Å². The van der Waals surface area contributed by atoms with E-state index in [0.717, 1.165) is 23.5 Å². The molecule has 1 aromatic carbocycles. The number of rotatable bonds is 0. The van der Waals surface area contributed by atoms with Crippen molar-refractivity contribution in [1.29, 1.82) is 5.41 Å². The van der Waals surface area contributed by atoms with Gasteiger partial charge in [0.1, 0.15) is 6.10 Å². The number of aromatic nitrogens is 1. The molecule has 0 aliphatic carbocycles. The molecule has 0 saturated carbocycles. The number of aryl methyl sites for hydroxylation is 1. The van der Waals surface area contributed by atoms with Gasteiger partial charge in [0.25, 0.3) is 5.79 Å². The Morgan fingerprint density at radius 3 is 2.71 bits per heavy atom. The van der Waals surface area contributed by atoms with Gasteiger partial charge in [-0.1, -0.05) is 11.3 Å². The second kappa shape index (κ2) is 3.86. The van der Waals surface area contributed by atoms with Crippen LogP contribution in [0, 0.1) is 5.41 Å². The van der Waals surface area contributed by atoms with Gasteiger partial charge in [-0.25, -0.2) is 0 Å². The first-order valence-corrected chi connectivity index (χ1v) is 6.97. The van der Waals surface area contributed by atoms with Crippen molar-refractivity contribution in [2.75, 3.05) is 0 Å². The number of halogens is 3. The third-order valence-electron chi connectivity index (χ3n) is 3.85. The largest absolute Gasteiger partial charge is 0.416 e. The molecule has 2 aliphatic heterocycles. The molecule has 5 nitrogen and oxygen atoms in total.